The van der Waals surface area contributed by atoms with Crippen LogP contribution in [0, 0.1) is 0 Å². The normalized spacial score (nSPS) is 14.1. The summed E-state index contributed by atoms with van der Waals surface area (Å²) in [6, 6.07) is 7.84. The summed E-state index contributed by atoms with van der Waals surface area (Å²) < 4.78 is 2.82. The Morgan fingerprint density at radius 3 is 2.88 bits per heavy atom. The van der Waals surface area contributed by atoms with Crippen LogP contribution in [0.25, 0.3) is 5.69 Å². The molecule has 1 aromatic carbocycles. The van der Waals surface area contributed by atoms with E-state index in [-0.39, 0.29) is 5.56 Å². The summed E-state index contributed by atoms with van der Waals surface area (Å²) in [4.78, 5) is 11.7. The fourth-order valence-electron chi connectivity index (χ4n) is 2.02. The quantitative estimate of drug-likeness (QED) is 0.832. The second-order valence-electron chi connectivity index (χ2n) is 3.76. The molecule has 0 saturated carbocycles. The van der Waals surface area contributed by atoms with Gasteiger partial charge in [-0.1, -0.05) is 12.1 Å². The molecule has 1 aliphatic heterocycles. The lowest BCUT2D eigenvalue weighted by Gasteiger charge is -2.08. The maximum Gasteiger partial charge on any atom is 0.269 e. The van der Waals surface area contributed by atoms with Crippen molar-refractivity contribution in [2.75, 3.05) is 0 Å². The monoisotopic (exact) mass is 279 g/mol. The van der Waals surface area contributed by atoms with Gasteiger partial charge in [0, 0.05) is 17.6 Å². The number of aromatic amines is 1. The van der Waals surface area contributed by atoms with Gasteiger partial charge in [0.1, 0.15) is 0 Å². The van der Waals surface area contributed by atoms with E-state index in [1.54, 1.807) is 0 Å². The van der Waals surface area contributed by atoms with Gasteiger partial charge >= 0.3 is 0 Å². The van der Waals surface area contributed by atoms with Crippen molar-refractivity contribution < 1.29 is 0 Å². The molecule has 0 spiro atoms. The Morgan fingerprint density at radius 2 is 2.06 bits per heavy atom. The van der Waals surface area contributed by atoms with Gasteiger partial charge in [0.25, 0.3) is 5.56 Å². The molecule has 0 fully saturated rings. The molecule has 0 radical (unpaired) electrons. The molecule has 0 aliphatic carbocycles. The van der Waals surface area contributed by atoms with E-state index >= 15 is 0 Å². The van der Waals surface area contributed by atoms with E-state index in [0.29, 0.717) is 6.54 Å². The molecular formula is C11H10BrN3O. The Kier molecular flexibility index (Phi) is 2.22. The van der Waals surface area contributed by atoms with Crippen molar-refractivity contribution >= 4 is 15.9 Å². The van der Waals surface area contributed by atoms with Crippen molar-refractivity contribution in [1.82, 2.24) is 15.1 Å². The van der Waals surface area contributed by atoms with Crippen molar-refractivity contribution in [1.29, 1.82) is 0 Å². The third-order valence-electron chi connectivity index (χ3n) is 2.79. The Morgan fingerprint density at radius 1 is 1.25 bits per heavy atom. The molecule has 2 N–H and O–H groups in total. The SMILES string of the molecule is O=c1[nH]n(-c2ccccc2Br)c2c1CNC2. The number of benzene rings is 1. The van der Waals surface area contributed by atoms with Crippen LogP contribution in [-0.2, 0) is 13.1 Å². The molecule has 0 amide bonds. The van der Waals surface area contributed by atoms with E-state index in [1.807, 2.05) is 28.9 Å². The number of aromatic nitrogens is 2. The molecule has 0 bridgehead atoms. The number of nitrogens with one attached hydrogen (secondary N) is 2. The summed E-state index contributed by atoms with van der Waals surface area (Å²) in [5.41, 5.74) is 2.83. The molecule has 1 aliphatic rings. The molecular weight excluding hydrogens is 270 g/mol. The number of hydrogen-bond acceptors (Lipinski definition) is 2. The van der Waals surface area contributed by atoms with Crippen molar-refractivity contribution in [3.05, 3.63) is 50.3 Å². The van der Waals surface area contributed by atoms with Gasteiger partial charge in [-0.2, -0.15) is 0 Å². The molecule has 0 atom stereocenters. The molecule has 0 saturated heterocycles. The first-order valence-corrected chi connectivity index (χ1v) is 5.85. The zero-order chi connectivity index (χ0) is 11.1. The van der Waals surface area contributed by atoms with Crippen LogP contribution in [0.4, 0.5) is 0 Å². The molecule has 5 heteroatoms. The largest absolute Gasteiger partial charge is 0.307 e. The summed E-state index contributed by atoms with van der Waals surface area (Å²) in [6.07, 6.45) is 0. The maximum absolute atomic E-state index is 11.7. The average Bonchev–Trinajstić information content (AvgIpc) is 2.84. The molecule has 2 heterocycles. The number of fused-ring (bicyclic) bond motifs is 1. The van der Waals surface area contributed by atoms with Crippen LogP contribution in [0.2, 0.25) is 0 Å². The van der Waals surface area contributed by atoms with Crippen LogP contribution >= 0.6 is 15.9 Å². The second kappa shape index (κ2) is 3.61. The van der Waals surface area contributed by atoms with Gasteiger partial charge < -0.3 is 5.32 Å². The van der Waals surface area contributed by atoms with Crippen molar-refractivity contribution in [3.8, 4) is 5.69 Å². The fourth-order valence-corrected chi connectivity index (χ4v) is 2.48. The first-order valence-electron chi connectivity index (χ1n) is 5.06. The summed E-state index contributed by atoms with van der Waals surface area (Å²) in [5.74, 6) is 0. The van der Waals surface area contributed by atoms with Gasteiger partial charge in [-0.25, -0.2) is 0 Å². The van der Waals surface area contributed by atoms with Gasteiger partial charge in [-0.3, -0.25) is 14.6 Å². The van der Waals surface area contributed by atoms with Gasteiger partial charge in [0.05, 0.1) is 16.9 Å². The summed E-state index contributed by atoms with van der Waals surface area (Å²) in [7, 11) is 0. The average molecular weight is 280 g/mol. The molecule has 82 valence electrons. The first-order chi connectivity index (χ1) is 7.77. The van der Waals surface area contributed by atoms with Crippen LogP contribution in [-0.4, -0.2) is 9.78 Å². The number of H-pyrrole nitrogens is 1. The van der Waals surface area contributed by atoms with E-state index in [9.17, 15) is 4.79 Å². The minimum Gasteiger partial charge on any atom is -0.307 e. The molecule has 3 rings (SSSR count). The van der Waals surface area contributed by atoms with Gasteiger partial charge in [-0.05, 0) is 28.1 Å². The number of nitrogens with zero attached hydrogens (tertiary/aromatic N) is 1. The van der Waals surface area contributed by atoms with Crippen LogP contribution in [0.15, 0.2) is 33.5 Å². The third-order valence-corrected chi connectivity index (χ3v) is 3.46. The lowest BCUT2D eigenvalue weighted by atomic mass is 10.3. The minimum atomic E-state index is -0.00393. The summed E-state index contributed by atoms with van der Waals surface area (Å²) >= 11 is 3.49. The van der Waals surface area contributed by atoms with Crippen molar-refractivity contribution in [2.45, 2.75) is 13.1 Å². The lowest BCUT2D eigenvalue weighted by Crippen LogP contribution is -2.13. The van der Waals surface area contributed by atoms with E-state index < -0.39 is 0 Å². The van der Waals surface area contributed by atoms with E-state index in [2.05, 4.69) is 26.3 Å². The Bertz CT molecular complexity index is 600. The highest BCUT2D eigenvalue weighted by atomic mass is 79.9. The highest BCUT2D eigenvalue weighted by molar-refractivity contribution is 9.10. The highest BCUT2D eigenvalue weighted by Crippen LogP contribution is 2.23. The molecule has 1 aromatic heterocycles. The smallest absolute Gasteiger partial charge is 0.269 e. The fraction of sp³-hybridized carbons (Fsp3) is 0.182. The summed E-state index contributed by atoms with van der Waals surface area (Å²) in [5, 5.41) is 6.05. The number of hydrogen-bond donors (Lipinski definition) is 2. The standard InChI is InChI=1S/C11H10BrN3O/c12-8-3-1-2-4-9(8)15-10-6-13-5-7(10)11(16)14-15/h1-4,13H,5-6H2,(H,14,16). The van der Waals surface area contributed by atoms with Crippen LogP contribution < -0.4 is 10.9 Å². The Labute approximate surface area is 100 Å². The van der Waals surface area contributed by atoms with Crippen LogP contribution in [0.1, 0.15) is 11.3 Å². The zero-order valence-corrected chi connectivity index (χ0v) is 10.0. The van der Waals surface area contributed by atoms with Crippen molar-refractivity contribution in [2.24, 2.45) is 0 Å². The Balaban J connectivity index is 2.25. The van der Waals surface area contributed by atoms with Crippen LogP contribution in [0.3, 0.4) is 0 Å². The minimum absolute atomic E-state index is 0.00393. The van der Waals surface area contributed by atoms with Crippen molar-refractivity contribution in [3.63, 3.8) is 0 Å². The maximum atomic E-state index is 11.7. The second-order valence-corrected chi connectivity index (χ2v) is 4.61. The predicted octanol–water partition coefficient (Wildman–Crippen LogP) is 1.53. The topological polar surface area (TPSA) is 49.8 Å². The zero-order valence-electron chi connectivity index (χ0n) is 8.46. The van der Waals surface area contributed by atoms with Gasteiger partial charge in [-0.15, -0.1) is 0 Å². The van der Waals surface area contributed by atoms with Gasteiger partial charge in [0.2, 0.25) is 0 Å². The van der Waals surface area contributed by atoms with E-state index in [0.717, 1.165) is 28.0 Å². The number of para-hydroxylation sites is 1. The molecule has 16 heavy (non-hydrogen) atoms. The Hall–Kier alpha value is -1.33. The molecule has 2 aromatic rings. The first kappa shape index (κ1) is 9.86. The predicted molar refractivity (Wildman–Crippen MR) is 64.6 cm³/mol. The van der Waals surface area contributed by atoms with E-state index in [4.69, 9.17) is 0 Å². The van der Waals surface area contributed by atoms with Crippen LogP contribution in [0.5, 0.6) is 0 Å². The third kappa shape index (κ3) is 1.36. The van der Waals surface area contributed by atoms with E-state index in [1.165, 1.54) is 0 Å². The number of halogens is 1. The molecule has 4 nitrogen and oxygen atoms in total. The highest BCUT2D eigenvalue weighted by Gasteiger charge is 2.20. The summed E-state index contributed by atoms with van der Waals surface area (Å²) in [6.45, 7) is 1.39. The van der Waals surface area contributed by atoms with Gasteiger partial charge in [0.15, 0.2) is 0 Å². The molecule has 0 unspecified atom stereocenters. The number of rotatable bonds is 1. The lowest BCUT2D eigenvalue weighted by molar-refractivity contribution is 0.703.